The van der Waals surface area contributed by atoms with Crippen LogP contribution in [-0.2, 0) is 6.42 Å². The highest BCUT2D eigenvalue weighted by molar-refractivity contribution is 5.82. The summed E-state index contributed by atoms with van der Waals surface area (Å²) in [6.45, 7) is 7.34. The minimum absolute atomic E-state index is 0.845. The molecule has 1 aromatic carbocycles. The first kappa shape index (κ1) is 14.2. The summed E-state index contributed by atoms with van der Waals surface area (Å²) in [7, 11) is 0. The Morgan fingerprint density at radius 3 is 2.87 bits per heavy atom. The van der Waals surface area contributed by atoms with Crippen LogP contribution in [0.5, 0.6) is 0 Å². The molecule has 0 saturated heterocycles. The molecule has 3 aliphatic rings. The van der Waals surface area contributed by atoms with Gasteiger partial charge in [0.05, 0.1) is 6.07 Å². The van der Waals surface area contributed by atoms with E-state index < -0.39 is 0 Å². The lowest BCUT2D eigenvalue weighted by atomic mass is 10.0. The number of aromatic nitrogens is 1. The van der Waals surface area contributed by atoms with Gasteiger partial charge in [-0.15, -0.1) is 0 Å². The van der Waals surface area contributed by atoms with Crippen molar-refractivity contribution < 1.29 is 4.42 Å². The van der Waals surface area contributed by atoms with Crippen molar-refractivity contribution in [3.8, 4) is 11.5 Å². The van der Waals surface area contributed by atoms with Gasteiger partial charge in [0.1, 0.15) is 24.3 Å². The average Bonchev–Trinajstić information content (AvgIpc) is 2.59. The minimum atomic E-state index is 0.845. The maximum atomic E-state index is 6.16. The largest absolute Gasteiger partial charge is 0.452 e. The Morgan fingerprint density at radius 2 is 2.04 bits per heavy atom. The van der Waals surface area contributed by atoms with Gasteiger partial charge in [0.15, 0.2) is 11.3 Å². The van der Waals surface area contributed by atoms with Crippen molar-refractivity contribution >= 4 is 16.8 Å². The summed E-state index contributed by atoms with van der Waals surface area (Å²) in [6.07, 6.45) is 2.29. The topological polar surface area (TPSA) is 41.1 Å². The van der Waals surface area contributed by atoms with Crippen LogP contribution in [0.3, 0.4) is 0 Å². The highest BCUT2D eigenvalue weighted by Crippen LogP contribution is 2.30. The quantitative estimate of drug-likeness (QED) is 0.584. The van der Waals surface area contributed by atoms with Crippen molar-refractivity contribution in [3.63, 3.8) is 0 Å². The van der Waals surface area contributed by atoms with Crippen molar-refractivity contribution in [3.05, 3.63) is 41.3 Å². The molecule has 0 spiro atoms. The van der Waals surface area contributed by atoms with Crippen LogP contribution >= 0.6 is 0 Å². The first-order valence-corrected chi connectivity index (χ1v) is 8.48. The predicted octanol–water partition coefficient (Wildman–Crippen LogP) is 3.10. The van der Waals surface area contributed by atoms with Crippen LogP contribution < -0.4 is 15.2 Å². The van der Waals surface area contributed by atoms with E-state index in [0.29, 0.717) is 0 Å². The molecule has 0 saturated carbocycles. The first-order valence-electron chi connectivity index (χ1n) is 8.48. The van der Waals surface area contributed by atoms with Crippen LogP contribution in [0.1, 0.15) is 25.8 Å². The Morgan fingerprint density at radius 1 is 1.17 bits per heavy atom. The molecular formula is C19H22N3O+. The van der Waals surface area contributed by atoms with Crippen LogP contribution in [0.2, 0.25) is 0 Å². The van der Waals surface area contributed by atoms with Crippen LogP contribution in [-0.4, -0.2) is 24.6 Å². The lowest BCUT2D eigenvalue weighted by molar-refractivity contribution is 0.600. The SMILES string of the molecule is CC[N+](CC)=c1ccc2nc3cc4c(cc3oc-2c1)NCCC4. The average molecular weight is 308 g/mol. The van der Waals surface area contributed by atoms with Gasteiger partial charge in [0.25, 0.3) is 0 Å². The van der Waals surface area contributed by atoms with Gasteiger partial charge in [0.2, 0.25) is 5.36 Å². The van der Waals surface area contributed by atoms with E-state index in [0.717, 1.165) is 48.6 Å². The predicted molar refractivity (Wildman–Crippen MR) is 93.8 cm³/mol. The monoisotopic (exact) mass is 308 g/mol. The molecule has 23 heavy (non-hydrogen) atoms. The second kappa shape index (κ2) is 5.69. The summed E-state index contributed by atoms with van der Waals surface area (Å²) in [4.78, 5) is 4.80. The third-order valence-corrected chi connectivity index (χ3v) is 4.66. The standard InChI is InChI=1S/C19H21N3O/c1-3-22(4-2)14-7-8-15-18(11-14)23-19-12-16-13(6-5-9-20-16)10-17(19)21-15/h7-8,10-12H,3-6,9H2,1-2H3/p+1. The maximum absolute atomic E-state index is 6.16. The van der Waals surface area contributed by atoms with E-state index in [9.17, 15) is 0 Å². The third-order valence-electron chi connectivity index (χ3n) is 4.66. The van der Waals surface area contributed by atoms with Gasteiger partial charge < -0.3 is 9.73 Å². The lowest BCUT2D eigenvalue weighted by Gasteiger charge is -2.18. The number of fused-ring (bicyclic) bond motifs is 3. The van der Waals surface area contributed by atoms with Gasteiger partial charge in [-0.25, -0.2) is 9.56 Å². The second-order valence-electron chi connectivity index (χ2n) is 6.05. The van der Waals surface area contributed by atoms with E-state index in [1.807, 2.05) is 0 Å². The number of anilines is 1. The van der Waals surface area contributed by atoms with Gasteiger partial charge in [-0.05, 0) is 44.4 Å². The van der Waals surface area contributed by atoms with Crippen LogP contribution in [0, 0.1) is 0 Å². The smallest absolute Gasteiger partial charge is 0.203 e. The second-order valence-corrected chi connectivity index (χ2v) is 6.05. The summed E-state index contributed by atoms with van der Waals surface area (Å²) in [5.41, 5.74) is 5.23. The Balaban J connectivity index is 1.95. The molecule has 4 rings (SSSR count). The van der Waals surface area contributed by atoms with Crippen LogP contribution in [0.25, 0.3) is 22.6 Å². The molecule has 0 fully saturated rings. The van der Waals surface area contributed by atoms with Crippen molar-refractivity contribution in [2.75, 3.05) is 25.0 Å². The molecule has 2 heterocycles. The molecule has 0 unspecified atom stereocenters. The molecule has 4 nitrogen and oxygen atoms in total. The zero-order chi connectivity index (χ0) is 15.8. The summed E-state index contributed by atoms with van der Waals surface area (Å²) >= 11 is 0. The number of hydrogen-bond donors (Lipinski definition) is 1. The summed E-state index contributed by atoms with van der Waals surface area (Å²) in [5.74, 6) is 0.845. The van der Waals surface area contributed by atoms with E-state index >= 15 is 0 Å². The minimum Gasteiger partial charge on any atom is -0.452 e. The van der Waals surface area contributed by atoms with E-state index in [1.54, 1.807) is 0 Å². The maximum Gasteiger partial charge on any atom is 0.203 e. The fraction of sp³-hybridized carbons (Fsp3) is 0.368. The zero-order valence-corrected chi connectivity index (χ0v) is 13.7. The zero-order valence-electron chi connectivity index (χ0n) is 13.7. The lowest BCUT2D eigenvalue weighted by Crippen LogP contribution is -2.29. The van der Waals surface area contributed by atoms with Crippen LogP contribution in [0.15, 0.2) is 34.7 Å². The van der Waals surface area contributed by atoms with E-state index in [4.69, 9.17) is 9.40 Å². The molecule has 0 amide bonds. The van der Waals surface area contributed by atoms with E-state index in [1.165, 1.54) is 23.0 Å². The van der Waals surface area contributed by atoms with Gasteiger partial charge in [-0.2, -0.15) is 0 Å². The molecule has 1 aliphatic carbocycles. The van der Waals surface area contributed by atoms with Crippen molar-refractivity contribution in [2.24, 2.45) is 0 Å². The molecule has 1 N–H and O–H groups in total. The fourth-order valence-corrected chi connectivity index (χ4v) is 3.36. The molecule has 0 atom stereocenters. The number of rotatable bonds is 2. The molecule has 0 aromatic heterocycles. The molecule has 0 bridgehead atoms. The van der Waals surface area contributed by atoms with Gasteiger partial charge in [0, 0.05) is 24.4 Å². The number of aryl methyl sites for hydroxylation is 1. The highest BCUT2D eigenvalue weighted by Gasteiger charge is 2.15. The summed E-state index contributed by atoms with van der Waals surface area (Å²) < 4.78 is 8.48. The molecule has 4 heteroatoms. The molecule has 0 radical (unpaired) electrons. The summed E-state index contributed by atoms with van der Waals surface area (Å²) in [5, 5.41) is 4.64. The van der Waals surface area contributed by atoms with Crippen molar-refractivity contribution in [2.45, 2.75) is 26.7 Å². The van der Waals surface area contributed by atoms with Gasteiger partial charge >= 0.3 is 0 Å². The van der Waals surface area contributed by atoms with E-state index in [-0.39, 0.29) is 0 Å². The fourth-order valence-electron chi connectivity index (χ4n) is 3.36. The molecular weight excluding hydrogens is 286 g/mol. The Labute approximate surface area is 135 Å². The number of hydrogen-bond acceptors (Lipinski definition) is 3. The normalized spacial score (nSPS) is 13.8. The molecule has 118 valence electrons. The van der Waals surface area contributed by atoms with Gasteiger partial charge in [-0.1, -0.05) is 0 Å². The Hall–Kier alpha value is -2.36. The van der Waals surface area contributed by atoms with Crippen molar-refractivity contribution in [1.29, 1.82) is 0 Å². The third kappa shape index (κ3) is 2.48. The molecule has 1 aromatic rings. The van der Waals surface area contributed by atoms with Crippen LogP contribution in [0.4, 0.5) is 5.69 Å². The Bertz CT molecular complexity index is 904. The highest BCUT2D eigenvalue weighted by atomic mass is 16.3. The van der Waals surface area contributed by atoms with Gasteiger partial charge in [-0.3, -0.25) is 0 Å². The number of benzene rings is 2. The molecule has 2 aliphatic heterocycles. The van der Waals surface area contributed by atoms with Crippen molar-refractivity contribution in [1.82, 2.24) is 9.56 Å². The first-order chi connectivity index (χ1) is 11.3. The summed E-state index contributed by atoms with van der Waals surface area (Å²) in [6, 6.07) is 10.5. The number of nitrogens with one attached hydrogen (secondary N) is 1. The van der Waals surface area contributed by atoms with E-state index in [2.05, 4.69) is 54.1 Å². The Kier molecular flexibility index (Phi) is 3.52. The number of nitrogens with zero attached hydrogens (tertiary/aromatic N) is 2.